The summed E-state index contributed by atoms with van der Waals surface area (Å²) in [4.78, 5) is 4.79. The molecule has 4 heteroatoms. The lowest BCUT2D eigenvalue weighted by molar-refractivity contribution is 0.621. The summed E-state index contributed by atoms with van der Waals surface area (Å²) in [6.45, 7) is 0. The van der Waals surface area contributed by atoms with Gasteiger partial charge in [0.25, 0.3) is 0 Å². The highest BCUT2D eigenvalue weighted by Gasteiger charge is 2.18. The van der Waals surface area contributed by atoms with Gasteiger partial charge < -0.3 is 14.2 Å². The Labute approximate surface area is 259 Å². The Morgan fingerprint density at radius 2 is 1.20 bits per heavy atom. The molecule has 0 aliphatic heterocycles. The third-order valence-corrected chi connectivity index (χ3v) is 8.48. The van der Waals surface area contributed by atoms with E-state index in [1.807, 2.05) is 48.5 Å². The molecule has 0 saturated carbocycles. The van der Waals surface area contributed by atoms with Gasteiger partial charge >= 0.3 is 0 Å². The van der Waals surface area contributed by atoms with E-state index in [9.17, 15) is 0 Å². The lowest BCUT2D eigenvalue weighted by Crippen LogP contribution is -1.91. The highest BCUT2D eigenvalue weighted by molar-refractivity contribution is 6.23. The molecule has 1 N–H and O–H groups in total. The molecule has 9 aromatic rings. The van der Waals surface area contributed by atoms with Crippen molar-refractivity contribution in [3.8, 4) is 33.7 Å². The van der Waals surface area contributed by atoms with Crippen LogP contribution < -0.4 is 5.32 Å². The van der Waals surface area contributed by atoms with Gasteiger partial charge in [0.15, 0.2) is 11.2 Å². The van der Waals surface area contributed by atoms with Crippen LogP contribution in [0.25, 0.3) is 77.5 Å². The third kappa shape index (κ3) is 4.35. The van der Waals surface area contributed by atoms with Gasteiger partial charge in [-0.15, -0.1) is 0 Å². The van der Waals surface area contributed by atoms with Crippen LogP contribution in [-0.4, -0.2) is 4.98 Å². The van der Waals surface area contributed by atoms with Crippen LogP contribution in [0.4, 0.5) is 11.4 Å². The lowest BCUT2D eigenvalue weighted by atomic mass is 9.99. The number of fused-ring (bicyclic) bond motifs is 6. The minimum Gasteiger partial charge on any atom is -0.454 e. The quantitative estimate of drug-likeness (QED) is 0.221. The summed E-state index contributed by atoms with van der Waals surface area (Å²) < 4.78 is 13.0. The van der Waals surface area contributed by atoms with Crippen LogP contribution in [0.1, 0.15) is 0 Å². The van der Waals surface area contributed by atoms with E-state index in [0.717, 1.165) is 71.9 Å². The molecule has 0 bridgehead atoms. The van der Waals surface area contributed by atoms with Gasteiger partial charge in [-0.2, -0.15) is 0 Å². The van der Waals surface area contributed by atoms with E-state index in [4.69, 9.17) is 13.8 Å². The van der Waals surface area contributed by atoms with Crippen LogP contribution in [0.2, 0.25) is 0 Å². The number of aromatic nitrogens is 1. The molecule has 45 heavy (non-hydrogen) atoms. The summed E-state index contributed by atoms with van der Waals surface area (Å²) >= 11 is 0. The van der Waals surface area contributed by atoms with Gasteiger partial charge in [0.1, 0.15) is 11.1 Å². The molecule has 7 aromatic carbocycles. The minimum absolute atomic E-state index is 0.617. The summed E-state index contributed by atoms with van der Waals surface area (Å²) in [5.74, 6) is 0.617. The molecule has 0 amide bonds. The normalized spacial score (nSPS) is 11.6. The SMILES string of the molecule is c1ccc(-c2ccc(Nc3cc4ccccc4c4c3oc3ccc(-c5cccc6nc(-c7ccccc7)oc56)cc34)cc2)cc1. The Morgan fingerprint density at radius 1 is 0.489 bits per heavy atom. The van der Waals surface area contributed by atoms with Crippen molar-refractivity contribution >= 4 is 55.2 Å². The number of furan rings is 1. The second-order valence-electron chi connectivity index (χ2n) is 11.3. The first-order valence-electron chi connectivity index (χ1n) is 15.0. The monoisotopic (exact) mass is 578 g/mol. The van der Waals surface area contributed by atoms with E-state index in [1.54, 1.807) is 0 Å². The van der Waals surface area contributed by atoms with Crippen LogP contribution in [-0.2, 0) is 0 Å². The van der Waals surface area contributed by atoms with Crippen LogP contribution in [0.3, 0.4) is 0 Å². The Hall–Kier alpha value is -6.13. The summed E-state index contributed by atoms with van der Waals surface area (Å²) in [6.07, 6.45) is 0. The maximum absolute atomic E-state index is 6.60. The molecule has 2 aromatic heterocycles. The molecule has 9 rings (SSSR count). The summed E-state index contributed by atoms with van der Waals surface area (Å²) in [5.41, 5.74) is 10.6. The zero-order valence-electron chi connectivity index (χ0n) is 24.2. The van der Waals surface area contributed by atoms with Crippen molar-refractivity contribution in [2.75, 3.05) is 5.32 Å². The number of rotatable bonds is 5. The van der Waals surface area contributed by atoms with Gasteiger partial charge in [0.05, 0.1) is 5.69 Å². The summed E-state index contributed by atoms with van der Waals surface area (Å²) in [6, 6.07) is 52.1. The number of hydrogen-bond acceptors (Lipinski definition) is 4. The van der Waals surface area contributed by atoms with E-state index < -0.39 is 0 Å². The minimum atomic E-state index is 0.617. The van der Waals surface area contributed by atoms with E-state index in [1.165, 1.54) is 11.1 Å². The molecule has 0 atom stereocenters. The molecule has 2 heterocycles. The van der Waals surface area contributed by atoms with Gasteiger partial charge in [-0.05, 0) is 76.0 Å². The number of benzene rings is 7. The van der Waals surface area contributed by atoms with Gasteiger partial charge in [-0.25, -0.2) is 4.98 Å². The van der Waals surface area contributed by atoms with Gasteiger partial charge in [-0.3, -0.25) is 0 Å². The first-order valence-corrected chi connectivity index (χ1v) is 15.0. The molecule has 0 aliphatic rings. The molecule has 4 nitrogen and oxygen atoms in total. The van der Waals surface area contributed by atoms with Gasteiger partial charge in [0, 0.05) is 27.6 Å². The fourth-order valence-electron chi connectivity index (χ4n) is 6.30. The number of nitrogens with zero attached hydrogens (tertiary/aromatic N) is 1. The number of oxazole rings is 1. The fraction of sp³-hybridized carbons (Fsp3) is 0. The number of para-hydroxylation sites is 1. The molecule has 0 fully saturated rings. The number of hydrogen-bond donors (Lipinski definition) is 1. The summed E-state index contributed by atoms with van der Waals surface area (Å²) in [5, 5.41) is 8.09. The van der Waals surface area contributed by atoms with E-state index in [2.05, 4.69) is 108 Å². The lowest BCUT2D eigenvalue weighted by Gasteiger charge is -2.10. The average Bonchev–Trinajstić information content (AvgIpc) is 3.72. The average molecular weight is 579 g/mol. The Bertz CT molecular complexity index is 2490. The highest BCUT2D eigenvalue weighted by atomic mass is 16.3. The maximum Gasteiger partial charge on any atom is 0.227 e. The predicted octanol–water partition coefficient (Wildman–Crippen LogP) is 11.6. The van der Waals surface area contributed by atoms with Gasteiger partial charge in [-0.1, -0.05) is 103 Å². The summed E-state index contributed by atoms with van der Waals surface area (Å²) in [7, 11) is 0. The zero-order chi connectivity index (χ0) is 29.7. The topological polar surface area (TPSA) is 51.2 Å². The first-order chi connectivity index (χ1) is 22.3. The molecule has 0 unspecified atom stereocenters. The first kappa shape index (κ1) is 25.4. The Balaban J connectivity index is 1.18. The third-order valence-electron chi connectivity index (χ3n) is 8.48. The van der Waals surface area contributed by atoms with Crippen LogP contribution in [0, 0.1) is 0 Å². The van der Waals surface area contributed by atoms with E-state index >= 15 is 0 Å². The molecular weight excluding hydrogens is 552 g/mol. The number of anilines is 2. The van der Waals surface area contributed by atoms with E-state index in [-0.39, 0.29) is 0 Å². The van der Waals surface area contributed by atoms with Crippen molar-refractivity contribution in [2.24, 2.45) is 0 Å². The van der Waals surface area contributed by atoms with Crippen LogP contribution in [0.5, 0.6) is 0 Å². The molecule has 0 aliphatic carbocycles. The molecule has 0 radical (unpaired) electrons. The molecular formula is C41H26N2O2. The Kier molecular flexibility index (Phi) is 5.78. The van der Waals surface area contributed by atoms with Crippen molar-refractivity contribution in [1.82, 2.24) is 4.98 Å². The predicted molar refractivity (Wildman–Crippen MR) is 185 cm³/mol. The van der Waals surface area contributed by atoms with Crippen molar-refractivity contribution in [2.45, 2.75) is 0 Å². The fourth-order valence-corrected chi connectivity index (χ4v) is 6.30. The number of nitrogens with one attached hydrogen (secondary N) is 1. The van der Waals surface area contributed by atoms with Crippen LogP contribution >= 0.6 is 0 Å². The van der Waals surface area contributed by atoms with Crippen molar-refractivity contribution in [3.05, 3.63) is 152 Å². The molecule has 0 saturated heterocycles. The molecule has 0 spiro atoms. The second kappa shape index (κ2) is 10.2. The van der Waals surface area contributed by atoms with Gasteiger partial charge in [0.2, 0.25) is 5.89 Å². The highest BCUT2D eigenvalue weighted by Crippen LogP contribution is 2.42. The van der Waals surface area contributed by atoms with Crippen molar-refractivity contribution in [3.63, 3.8) is 0 Å². The zero-order valence-corrected chi connectivity index (χ0v) is 24.2. The smallest absolute Gasteiger partial charge is 0.227 e. The maximum atomic E-state index is 6.60. The molecule has 212 valence electrons. The second-order valence-corrected chi connectivity index (χ2v) is 11.3. The largest absolute Gasteiger partial charge is 0.454 e. The Morgan fingerprint density at radius 3 is 2.02 bits per heavy atom. The van der Waals surface area contributed by atoms with Crippen molar-refractivity contribution < 1.29 is 8.83 Å². The van der Waals surface area contributed by atoms with Crippen molar-refractivity contribution in [1.29, 1.82) is 0 Å². The van der Waals surface area contributed by atoms with E-state index in [0.29, 0.717) is 5.89 Å². The van der Waals surface area contributed by atoms with Crippen LogP contribution in [0.15, 0.2) is 160 Å². The standard InChI is InChI=1S/C41H26N2O2/c1-3-10-26(11-4-1)27-18-21-31(22-19-27)42-36-25-29-14-7-8-15-32(29)38-34-24-30(20-23-37(34)44-40(36)38)33-16-9-17-35-39(33)45-41(43-35)28-12-5-2-6-13-28/h1-25,42H.